The summed E-state index contributed by atoms with van der Waals surface area (Å²) in [6.45, 7) is 0. The fourth-order valence-corrected chi connectivity index (χ4v) is 2.80. The minimum absolute atomic E-state index is 0.201. The maximum Gasteiger partial charge on any atom is 0.333 e. The lowest BCUT2D eigenvalue weighted by atomic mass is 10.1. The van der Waals surface area contributed by atoms with Crippen LogP contribution < -0.4 is 4.74 Å². The predicted molar refractivity (Wildman–Crippen MR) is 86.2 cm³/mol. The van der Waals surface area contributed by atoms with E-state index in [0.717, 1.165) is 15.9 Å². The van der Waals surface area contributed by atoms with E-state index in [9.17, 15) is 14.3 Å². The number of aromatic nitrogens is 2. The van der Waals surface area contributed by atoms with Gasteiger partial charge in [-0.15, -0.1) is 0 Å². The molecule has 0 spiro atoms. The maximum atomic E-state index is 13.6. The third kappa shape index (κ3) is 2.92. The van der Waals surface area contributed by atoms with Crippen molar-refractivity contribution in [2.24, 2.45) is 0 Å². The Labute approximate surface area is 139 Å². The van der Waals surface area contributed by atoms with Crippen LogP contribution >= 0.6 is 15.9 Å². The zero-order valence-electron chi connectivity index (χ0n) is 12.0. The topological polar surface area (TPSA) is 64.3 Å². The van der Waals surface area contributed by atoms with Crippen LogP contribution in [0.25, 0.3) is 10.9 Å². The molecule has 0 aliphatic carbocycles. The van der Waals surface area contributed by atoms with E-state index in [0.29, 0.717) is 11.3 Å². The maximum absolute atomic E-state index is 13.6. The number of rotatable bonds is 4. The molecule has 0 unspecified atom stereocenters. The molecule has 1 atom stereocenters. The number of carboxylic acid groups (broad SMARTS) is 1. The van der Waals surface area contributed by atoms with Crippen molar-refractivity contribution < 1.29 is 19.0 Å². The standard InChI is InChI=1S/C16H12BrFN2O3/c1-23-14-5-4-11(18)7-12(14)15(16(21)22)20-8-9-2-3-10(17)6-13(9)19-20/h2-8,15H,1H3,(H,21,22)/t15-/m1/s1. The third-order valence-corrected chi connectivity index (χ3v) is 3.97. The highest BCUT2D eigenvalue weighted by Gasteiger charge is 2.27. The third-order valence-electron chi connectivity index (χ3n) is 3.47. The van der Waals surface area contributed by atoms with Gasteiger partial charge in [-0.25, -0.2) is 9.18 Å². The van der Waals surface area contributed by atoms with Gasteiger partial charge in [-0.1, -0.05) is 22.0 Å². The van der Waals surface area contributed by atoms with E-state index < -0.39 is 17.8 Å². The zero-order valence-corrected chi connectivity index (χ0v) is 13.6. The number of fused-ring (bicyclic) bond motifs is 1. The van der Waals surface area contributed by atoms with Gasteiger partial charge in [-0.2, -0.15) is 5.10 Å². The van der Waals surface area contributed by atoms with Crippen molar-refractivity contribution in [2.45, 2.75) is 6.04 Å². The van der Waals surface area contributed by atoms with Crippen molar-refractivity contribution in [1.29, 1.82) is 0 Å². The summed E-state index contributed by atoms with van der Waals surface area (Å²) in [4.78, 5) is 11.8. The van der Waals surface area contributed by atoms with Crippen LogP contribution in [-0.2, 0) is 4.79 Å². The highest BCUT2D eigenvalue weighted by molar-refractivity contribution is 9.10. The predicted octanol–water partition coefficient (Wildman–Crippen LogP) is 3.62. The molecule has 7 heteroatoms. The molecule has 3 aromatic rings. The van der Waals surface area contributed by atoms with Crippen LogP contribution in [0.1, 0.15) is 11.6 Å². The molecule has 5 nitrogen and oxygen atoms in total. The SMILES string of the molecule is COc1ccc(F)cc1[C@H](C(=O)O)n1cc2ccc(Br)cc2n1. The molecular weight excluding hydrogens is 367 g/mol. The number of halogens is 2. The second kappa shape index (κ2) is 6.00. The quantitative estimate of drug-likeness (QED) is 0.752. The Morgan fingerprint density at radius 3 is 2.83 bits per heavy atom. The molecule has 1 heterocycles. The summed E-state index contributed by atoms with van der Waals surface area (Å²) in [6.07, 6.45) is 1.62. The van der Waals surface area contributed by atoms with E-state index in [1.807, 2.05) is 12.1 Å². The first kappa shape index (κ1) is 15.5. The van der Waals surface area contributed by atoms with E-state index in [1.165, 1.54) is 23.9 Å². The monoisotopic (exact) mass is 378 g/mol. The highest BCUT2D eigenvalue weighted by Crippen LogP contribution is 2.30. The molecule has 2 aromatic carbocycles. The number of aliphatic carboxylic acids is 1. The number of methoxy groups -OCH3 is 1. The summed E-state index contributed by atoms with van der Waals surface area (Å²) >= 11 is 3.35. The van der Waals surface area contributed by atoms with Crippen LogP contribution in [0, 0.1) is 5.82 Å². The van der Waals surface area contributed by atoms with E-state index in [1.54, 1.807) is 12.3 Å². The first-order valence-corrected chi connectivity index (χ1v) is 7.49. The number of hydrogen-bond donors (Lipinski definition) is 1. The molecule has 1 aromatic heterocycles. The number of carbonyl (C=O) groups is 1. The van der Waals surface area contributed by atoms with Gasteiger partial charge >= 0.3 is 5.97 Å². The second-order valence-corrected chi connectivity index (χ2v) is 5.85. The van der Waals surface area contributed by atoms with Gasteiger partial charge in [-0.3, -0.25) is 4.68 Å². The van der Waals surface area contributed by atoms with Gasteiger partial charge in [0, 0.05) is 21.6 Å². The van der Waals surface area contributed by atoms with Gasteiger partial charge in [0.05, 0.1) is 12.6 Å². The normalized spacial score (nSPS) is 12.3. The smallest absolute Gasteiger partial charge is 0.333 e. The molecule has 0 radical (unpaired) electrons. The summed E-state index contributed by atoms with van der Waals surface area (Å²) in [6, 6.07) is 8.04. The van der Waals surface area contributed by atoms with Crippen LogP contribution in [0.2, 0.25) is 0 Å². The van der Waals surface area contributed by atoms with E-state index in [2.05, 4.69) is 21.0 Å². The zero-order chi connectivity index (χ0) is 16.6. The molecule has 0 aliphatic rings. The number of nitrogens with zero attached hydrogens (tertiary/aromatic N) is 2. The molecule has 3 rings (SSSR count). The molecule has 0 saturated heterocycles. The first-order chi connectivity index (χ1) is 11.0. The number of benzene rings is 2. The Morgan fingerprint density at radius 2 is 2.13 bits per heavy atom. The van der Waals surface area contributed by atoms with Crippen LogP contribution in [-0.4, -0.2) is 28.0 Å². The molecule has 0 fully saturated rings. The van der Waals surface area contributed by atoms with Gasteiger partial charge in [0.25, 0.3) is 0 Å². The summed E-state index contributed by atoms with van der Waals surface area (Å²) in [5.41, 5.74) is 0.841. The Hall–Kier alpha value is -2.41. The van der Waals surface area contributed by atoms with Crippen molar-refractivity contribution in [3.05, 3.63) is 58.4 Å². The summed E-state index contributed by atoms with van der Waals surface area (Å²) in [5.74, 6) is -1.40. The minimum Gasteiger partial charge on any atom is -0.496 e. The van der Waals surface area contributed by atoms with Crippen molar-refractivity contribution in [3.63, 3.8) is 0 Å². The average molecular weight is 379 g/mol. The number of carboxylic acids is 1. The Bertz CT molecular complexity index is 894. The van der Waals surface area contributed by atoms with Crippen LogP contribution in [0.4, 0.5) is 4.39 Å². The van der Waals surface area contributed by atoms with Crippen molar-refractivity contribution in [3.8, 4) is 5.75 Å². The van der Waals surface area contributed by atoms with Crippen LogP contribution in [0.3, 0.4) is 0 Å². The lowest BCUT2D eigenvalue weighted by molar-refractivity contribution is -0.139. The van der Waals surface area contributed by atoms with Crippen molar-refractivity contribution in [2.75, 3.05) is 7.11 Å². The number of ether oxygens (including phenoxy) is 1. The molecular formula is C16H12BrFN2O3. The van der Waals surface area contributed by atoms with Gasteiger partial charge in [-0.05, 0) is 30.3 Å². The first-order valence-electron chi connectivity index (χ1n) is 6.70. The summed E-state index contributed by atoms with van der Waals surface area (Å²) in [7, 11) is 1.41. The Morgan fingerprint density at radius 1 is 1.35 bits per heavy atom. The van der Waals surface area contributed by atoms with Gasteiger partial charge in [0.2, 0.25) is 0 Å². The molecule has 0 bridgehead atoms. The molecule has 23 heavy (non-hydrogen) atoms. The molecule has 118 valence electrons. The van der Waals surface area contributed by atoms with Crippen molar-refractivity contribution in [1.82, 2.24) is 9.78 Å². The fourth-order valence-electron chi connectivity index (χ4n) is 2.45. The Kier molecular flexibility index (Phi) is 4.04. The molecule has 1 N–H and O–H groups in total. The highest BCUT2D eigenvalue weighted by atomic mass is 79.9. The van der Waals surface area contributed by atoms with Gasteiger partial charge in [0.1, 0.15) is 11.6 Å². The van der Waals surface area contributed by atoms with Crippen LogP contribution in [0.15, 0.2) is 47.1 Å². The lowest BCUT2D eigenvalue weighted by Gasteiger charge is -2.16. The van der Waals surface area contributed by atoms with E-state index in [-0.39, 0.29) is 5.56 Å². The largest absolute Gasteiger partial charge is 0.496 e. The van der Waals surface area contributed by atoms with Crippen LogP contribution in [0.5, 0.6) is 5.75 Å². The summed E-state index contributed by atoms with van der Waals surface area (Å²) < 4.78 is 20.9. The number of hydrogen-bond acceptors (Lipinski definition) is 3. The fraction of sp³-hybridized carbons (Fsp3) is 0.125. The second-order valence-electron chi connectivity index (χ2n) is 4.94. The lowest BCUT2D eigenvalue weighted by Crippen LogP contribution is -2.21. The molecule has 0 saturated carbocycles. The summed E-state index contributed by atoms with van der Waals surface area (Å²) in [5, 5.41) is 14.7. The van der Waals surface area contributed by atoms with E-state index >= 15 is 0 Å². The molecule has 0 aliphatic heterocycles. The van der Waals surface area contributed by atoms with E-state index in [4.69, 9.17) is 4.74 Å². The van der Waals surface area contributed by atoms with Crippen molar-refractivity contribution >= 4 is 32.8 Å². The molecule has 0 amide bonds. The van der Waals surface area contributed by atoms with Gasteiger partial charge in [0.15, 0.2) is 6.04 Å². The van der Waals surface area contributed by atoms with Gasteiger partial charge < -0.3 is 9.84 Å². The minimum atomic E-state index is -1.19. The average Bonchev–Trinajstić information content (AvgIpc) is 2.89. The Balaban J connectivity index is 2.18.